The lowest BCUT2D eigenvalue weighted by molar-refractivity contribution is -0.142. The largest absolute Gasteiger partial charge is 0.481 e. The van der Waals surface area contributed by atoms with Gasteiger partial charge in [0.05, 0.1) is 13.2 Å². The summed E-state index contributed by atoms with van der Waals surface area (Å²) in [5.74, 6) is -38.5. The van der Waals surface area contributed by atoms with Crippen LogP contribution in [0.4, 0.5) is 0 Å². The van der Waals surface area contributed by atoms with E-state index in [4.69, 9.17) is 33.8 Å². The van der Waals surface area contributed by atoms with Crippen LogP contribution in [0.15, 0.2) is 0 Å². The molecule has 0 radical (unpaired) electrons. The molecule has 0 aromatic carbocycles. The number of carboxylic acids is 9. The van der Waals surface area contributed by atoms with Crippen molar-refractivity contribution < 1.29 is 181 Å². The summed E-state index contributed by atoms with van der Waals surface area (Å²) in [6.07, 6.45) is -16.3. The van der Waals surface area contributed by atoms with Gasteiger partial charge in [-0.3, -0.25) is 140 Å². The lowest BCUT2D eigenvalue weighted by atomic mass is 10.0. The number of carbonyl (C=O) groups is 27. The number of hydrogen-bond donors (Lipinski definition) is 35. The van der Waals surface area contributed by atoms with E-state index < -0.39 is 416 Å². The number of primary amides is 1. The zero-order chi connectivity index (χ0) is 109. The summed E-state index contributed by atoms with van der Waals surface area (Å²) in [4.78, 5) is 354. The van der Waals surface area contributed by atoms with Crippen LogP contribution in [0.25, 0.3) is 0 Å². The second kappa shape index (κ2) is 65.9. The van der Waals surface area contributed by atoms with E-state index in [-0.39, 0.29) is 38.3 Å². The summed E-state index contributed by atoms with van der Waals surface area (Å²) < 4.78 is 0. The quantitative estimate of drug-likeness (QED) is 0.0153. The van der Waals surface area contributed by atoms with Crippen LogP contribution in [0, 0.1) is 16.7 Å². The number of rotatable bonds is 73. The van der Waals surface area contributed by atoms with Crippen molar-refractivity contribution in [2.75, 3.05) is 26.2 Å². The molecule has 142 heavy (non-hydrogen) atoms. The maximum absolute atomic E-state index is 14.5. The van der Waals surface area contributed by atoms with Crippen LogP contribution in [0.3, 0.4) is 0 Å². The van der Waals surface area contributed by atoms with Gasteiger partial charge in [-0.15, -0.1) is 0 Å². The first-order valence-corrected chi connectivity index (χ1v) is 44.1. The Morgan fingerprint density at radius 2 is 0.423 bits per heavy atom. The van der Waals surface area contributed by atoms with Crippen LogP contribution in [0.2, 0.25) is 0 Å². The third-order valence-electron chi connectivity index (χ3n) is 20.1. The lowest BCUT2D eigenvalue weighted by Crippen LogP contribution is -2.61. The van der Waals surface area contributed by atoms with E-state index in [0.29, 0.717) is 0 Å². The maximum Gasteiger partial charge on any atom is 0.325 e. The number of carboxylic acid groups (broad SMARTS) is 9. The van der Waals surface area contributed by atoms with Gasteiger partial charge in [-0.2, -0.15) is 0 Å². The molecule has 0 rings (SSSR count). The average Bonchev–Trinajstić information content (AvgIpc) is 0.856. The molecule has 0 aliphatic rings. The van der Waals surface area contributed by atoms with Crippen molar-refractivity contribution in [2.45, 2.75) is 292 Å². The number of aliphatic hydroxyl groups is 1. The van der Waals surface area contributed by atoms with E-state index in [1.165, 1.54) is 0 Å². The molecule has 0 aliphatic heterocycles. The molecule has 62 nitrogen and oxygen atoms in total. The van der Waals surface area contributed by atoms with Gasteiger partial charge < -0.3 is 175 Å². The van der Waals surface area contributed by atoms with Gasteiger partial charge in [0.25, 0.3) is 0 Å². The topological polar surface area (TPSA) is 1040 Å². The Labute approximate surface area is 808 Å². The van der Waals surface area contributed by atoms with E-state index in [1.54, 1.807) is 13.8 Å². The Hall–Kier alpha value is -15.8. The molecule has 0 saturated heterocycles. The molecule has 0 aromatic rings. The van der Waals surface area contributed by atoms with Gasteiger partial charge in [0, 0.05) is 70.9 Å². The number of guanidine groups is 2. The van der Waals surface area contributed by atoms with Crippen LogP contribution in [0.5, 0.6) is 0 Å². The summed E-state index contributed by atoms with van der Waals surface area (Å²) in [7, 11) is 0. The Morgan fingerprint density at radius 1 is 0.239 bits per heavy atom. The molecule has 17 atom stereocenters. The van der Waals surface area contributed by atoms with Gasteiger partial charge in [-0.05, 0) is 124 Å². The van der Waals surface area contributed by atoms with Crippen LogP contribution in [-0.4, -0.2) is 352 Å². The van der Waals surface area contributed by atoms with Crippen LogP contribution < -0.4 is 124 Å². The average molecular weight is 2030 g/mol. The number of hydrogen-bond acceptors (Lipinski definition) is 31. The normalized spacial score (nSPS) is 14.4. The Morgan fingerprint density at radius 3 is 0.627 bits per heavy atom. The van der Waals surface area contributed by atoms with Crippen molar-refractivity contribution in [1.82, 2.24) is 101 Å². The van der Waals surface area contributed by atoms with Crippen LogP contribution >= 0.6 is 0 Å². The second-order valence-corrected chi connectivity index (χ2v) is 32.6. The predicted octanol–water partition coefficient (Wildman–Crippen LogP) is -12.9. The molecule has 0 aromatic heterocycles. The molecule has 0 fully saturated rings. The van der Waals surface area contributed by atoms with Crippen molar-refractivity contribution in [2.24, 2.45) is 28.9 Å². The van der Waals surface area contributed by atoms with Crippen molar-refractivity contribution in [1.29, 1.82) is 10.8 Å². The first kappa shape index (κ1) is 126. The zero-order valence-electron chi connectivity index (χ0n) is 78.3. The van der Waals surface area contributed by atoms with Gasteiger partial charge in [0.1, 0.15) is 103 Å². The highest BCUT2D eigenvalue weighted by Gasteiger charge is 2.40. The second-order valence-electron chi connectivity index (χ2n) is 32.6. The van der Waals surface area contributed by atoms with Crippen molar-refractivity contribution in [3.05, 3.63) is 0 Å². The molecule has 0 aliphatic carbocycles. The minimum absolute atomic E-state index is 0.0263. The van der Waals surface area contributed by atoms with Gasteiger partial charge in [-0.1, -0.05) is 13.8 Å². The molecule has 0 spiro atoms. The number of carbonyl (C=O) groups excluding carboxylic acids is 18. The summed E-state index contributed by atoms with van der Waals surface area (Å²) >= 11 is 0. The van der Waals surface area contributed by atoms with Gasteiger partial charge in [0.15, 0.2) is 11.9 Å². The first-order valence-electron chi connectivity index (χ1n) is 44.1. The monoisotopic (exact) mass is 2030 g/mol. The molecule has 0 saturated carbocycles. The van der Waals surface area contributed by atoms with Crippen molar-refractivity contribution in [3.63, 3.8) is 0 Å². The molecule has 62 heteroatoms. The molecule has 0 heterocycles. The fraction of sp³-hybridized carbons (Fsp3) is 0.637. The summed E-state index contributed by atoms with van der Waals surface area (Å²) in [5, 5.41) is 154. The van der Waals surface area contributed by atoms with E-state index in [1.807, 2.05) is 10.6 Å². The van der Waals surface area contributed by atoms with Crippen molar-refractivity contribution >= 4 is 172 Å². The number of nitrogens with one attached hydrogen (secondary N) is 21. The number of aliphatic carboxylic acids is 9. The van der Waals surface area contributed by atoms with Crippen LogP contribution in [-0.2, 0) is 129 Å². The summed E-state index contributed by atoms with van der Waals surface area (Å²) in [6.45, 7) is 5.05. The molecule has 796 valence electrons. The van der Waals surface area contributed by atoms with E-state index in [2.05, 4.69) is 90.4 Å². The van der Waals surface area contributed by atoms with Crippen molar-refractivity contribution in [3.8, 4) is 0 Å². The molecule has 39 N–H and O–H groups in total. The van der Waals surface area contributed by atoms with Gasteiger partial charge >= 0.3 is 53.7 Å². The molecule has 0 bridgehead atoms. The highest BCUT2D eigenvalue weighted by molar-refractivity contribution is 6.02. The Balaban J connectivity index is 7.35. The maximum atomic E-state index is 14.5. The first-order chi connectivity index (χ1) is 66.2. The molecule has 0 unspecified atom stereocenters. The fourth-order valence-electron chi connectivity index (χ4n) is 12.5. The lowest BCUT2D eigenvalue weighted by Gasteiger charge is -2.28. The highest BCUT2D eigenvalue weighted by Crippen LogP contribution is 2.15. The Bertz CT molecular complexity index is 4520. The third-order valence-corrected chi connectivity index (χ3v) is 20.1. The number of amides is 18. The fourth-order valence-corrected chi connectivity index (χ4v) is 12.5. The highest BCUT2D eigenvalue weighted by atomic mass is 16.4. The molecular formula is C80H129N25O37. The Kier molecular flexibility index (Phi) is 58.5. The van der Waals surface area contributed by atoms with E-state index in [9.17, 15) is 181 Å². The molecular weight excluding hydrogens is 1900 g/mol. The van der Waals surface area contributed by atoms with Gasteiger partial charge in [0.2, 0.25) is 106 Å². The standard InChI is InChI=1S/C80H129N25O37/c1-34(2)31-50(93-53(108)32-81)76(139)104-41(11-20-52(82)107)69(132)97-42(12-21-54(109)110)65(128)90-35(3)62(125)89-36(4)63(126)95-44(14-23-56(113)114)70(133)101-45(15-24-57(115)116)71(134)96-40(10-8-30-88-80(85)86)68(131)100-49(19-28-61(123)124)75(138)105-51(33-106)77(140)91-37(5)64(127)94-39(9-7-29-87-79(83)84)67(130)99-46(16-25-58(117)118)73(136)103-48(18-27-60(121)122)74(137)102-47(17-26-59(119)120)72(135)98-43(13-22-55(111)112)66(129)92-38(6)78(141)142/h34-51,106H,7-33,81H2,1-6H3,(H2,82,107)(H,89,125)(H,90,128)(H,91,140)(H,92,129)(H,93,108)(H,94,127)(H,95,126)(H,96,134)(H,97,132)(H,98,135)(H,99,130)(H,100,131)(H,101,133)(H,102,137)(H,103,136)(H,104,139)(H,105,138)(H,109,110)(H,111,112)(H,113,114)(H,115,116)(H,117,118)(H,119,120)(H,121,122)(H,123,124)(H,141,142)(H4,83,84,87)(H4,85,86,88)/t35-,36-,37-,38-,39-,40-,41-,42-,43-,44-,45-,46-,47-,48-,49-,50-,51-/m0/s1. The van der Waals surface area contributed by atoms with E-state index >= 15 is 0 Å². The minimum atomic E-state index is -2.17. The van der Waals surface area contributed by atoms with Gasteiger partial charge in [-0.25, -0.2) is 0 Å². The smallest absolute Gasteiger partial charge is 0.325 e. The minimum Gasteiger partial charge on any atom is -0.481 e. The van der Waals surface area contributed by atoms with Crippen LogP contribution in [0.1, 0.15) is 189 Å². The SMILES string of the molecule is CC(C)C[C@H](NC(=O)CN)C(=O)N[C@@H](CCC(N)=O)C(=O)N[C@@H](CCC(=O)O)C(=O)N[C@@H](C)C(=O)N[C@@H](C)C(=O)N[C@@H](CCC(=O)O)C(=O)N[C@@H](CCC(=O)O)C(=O)N[C@@H](CCCNC(=N)N)C(=O)N[C@@H](CCC(=O)O)C(=O)N[C@@H](CO)C(=O)N[C@@H](C)C(=O)N[C@@H](CCCNC(=N)N)C(=O)N[C@@H](CCC(=O)O)C(=O)N[C@@H](CCC(=O)O)C(=O)N[C@@H](CCC(=O)O)C(=O)N[C@@H](CCC(=O)O)C(=O)N[C@@H](C)C(=O)O. The molecule has 18 amide bonds. The summed E-state index contributed by atoms with van der Waals surface area (Å²) in [6, 6.07) is -31.9. The third kappa shape index (κ3) is 53.8. The predicted molar refractivity (Wildman–Crippen MR) is 480 cm³/mol. The number of nitrogens with two attached hydrogens (primary N) is 4. The summed E-state index contributed by atoms with van der Waals surface area (Å²) in [5.41, 5.74) is 21.5. The van der Waals surface area contributed by atoms with E-state index in [0.717, 1.165) is 27.7 Å². The zero-order valence-corrected chi connectivity index (χ0v) is 78.3. The number of aliphatic hydroxyl groups excluding tert-OH is 1.